The standard InChI is InChI=1S/C8H13NO3/c10-7(8(11)12)9-6-4-2-1-3-5-6/h6H,1-5H2,(H,9,10)(H,11,12)/p-1. The van der Waals surface area contributed by atoms with Crippen molar-refractivity contribution in [3.63, 3.8) is 0 Å². The molecule has 0 unspecified atom stereocenters. The van der Waals surface area contributed by atoms with Gasteiger partial charge in [-0.3, -0.25) is 4.79 Å². The summed E-state index contributed by atoms with van der Waals surface area (Å²) in [6.45, 7) is 0. The SMILES string of the molecule is O=C([O-])C(=O)NC1CCCCC1. The minimum absolute atomic E-state index is 0.0455. The molecular weight excluding hydrogens is 158 g/mol. The number of carbonyl (C=O) groups excluding carboxylic acids is 2. The van der Waals surface area contributed by atoms with E-state index in [9.17, 15) is 14.7 Å². The topological polar surface area (TPSA) is 69.2 Å². The fourth-order valence-corrected chi connectivity index (χ4v) is 1.49. The molecule has 0 heterocycles. The highest BCUT2D eigenvalue weighted by Crippen LogP contribution is 2.16. The molecule has 68 valence electrons. The molecule has 1 amide bonds. The van der Waals surface area contributed by atoms with Gasteiger partial charge in [0.05, 0.1) is 0 Å². The predicted octanol–water partition coefficient (Wildman–Crippen LogP) is -0.815. The molecule has 4 nitrogen and oxygen atoms in total. The average molecular weight is 170 g/mol. The van der Waals surface area contributed by atoms with Crippen LogP contribution in [-0.2, 0) is 9.59 Å². The van der Waals surface area contributed by atoms with Gasteiger partial charge in [-0.05, 0) is 12.8 Å². The number of hydrogen-bond acceptors (Lipinski definition) is 3. The summed E-state index contributed by atoms with van der Waals surface area (Å²) in [7, 11) is 0. The highest BCUT2D eigenvalue weighted by molar-refractivity contribution is 6.30. The molecule has 0 spiro atoms. The Hall–Kier alpha value is -1.06. The van der Waals surface area contributed by atoms with E-state index in [-0.39, 0.29) is 6.04 Å². The summed E-state index contributed by atoms with van der Waals surface area (Å²) in [5.74, 6) is -2.62. The van der Waals surface area contributed by atoms with E-state index in [1.54, 1.807) is 0 Å². The minimum atomic E-state index is -1.64. The van der Waals surface area contributed by atoms with E-state index in [0.717, 1.165) is 25.7 Å². The molecule has 1 fully saturated rings. The van der Waals surface area contributed by atoms with Crippen LogP contribution in [0.4, 0.5) is 0 Å². The van der Waals surface area contributed by atoms with Gasteiger partial charge >= 0.3 is 0 Å². The number of carboxylic acid groups (broad SMARTS) is 1. The lowest BCUT2D eigenvalue weighted by atomic mass is 9.95. The summed E-state index contributed by atoms with van der Waals surface area (Å²) in [4.78, 5) is 20.7. The third-order valence-corrected chi connectivity index (χ3v) is 2.13. The quantitative estimate of drug-likeness (QED) is 0.523. The van der Waals surface area contributed by atoms with Gasteiger partial charge in [-0.1, -0.05) is 19.3 Å². The van der Waals surface area contributed by atoms with Crippen molar-refractivity contribution in [3.05, 3.63) is 0 Å². The number of aliphatic carboxylic acids is 1. The zero-order valence-corrected chi connectivity index (χ0v) is 6.84. The predicted molar refractivity (Wildman–Crippen MR) is 40.0 cm³/mol. The highest BCUT2D eigenvalue weighted by Gasteiger charge is 2.15. The Labute approximate surface area is 71.0 Å². The zero-order valence-electron chi connectivity index (χ0n) is 6.84. The van der Waals surface area contributed by atoms with Gasteiger partial charge in [0, 0.05) is 6.04 Å². The maximum Gasteiger partial charge on any atom is 0.267 e. The Balaban J connectivity index is 2.29. The first kappa shape index (κ1) is 9.03. The van der Waals surface area contributed by atoms with Crippen LogP contribution < -0.4 is 10.4 Å². The van der Waals surface area contributed by atoms with Crippen molar-refractivity contribution in [1.82, 2.24) is 5.32 Å². The van der Waals surface area contributed by atoms with Crippen molar-refractivity contribution in [1.29, 1.82) is 0 Å². The van der Waals surface area contributed by atoms with Crippen molar-refractivity contribution < 1.29 is 14.7 Å². The monoisotopic (exact) mass is 170 g/mol. The van der Waals surface area contributed by atoms with Gasteiger partial charge in [-0.2, -0.15) is 0 Å². The molecule has 0 saturated heterocycles. The van der Waals surface area contributed by atoms with Gasteiger partial charge < -0.3 is 15.2 Å². The van der Waals surface area contributed by atoms with Crippen LogP contribution in [0, 0.1) is 0 Å². The third kappa shape index (κ3) is 2.53. The third-order valence-electron chi connectivity index (χ3n) is 2.13. The van der Waals surface area contributed by atoms with Crippen LogP contribution in [0.3, 0.4) is 0 Å². The Morgan fingerprint density at radius 1 is 1.17 bits per heavy atom. The molecule has 1 aliphatic rings. The lowest BCUT2D eigenvalue weighted by Gasteiger charge is -2.22. The van der Waals surface area contributed by atoms with Crippen LogP contribution in [0.2, 0.25) is 0 Å². The van der Waals surface area contributed by atoms with E-state index in [4.69, 9.17) is 0 Å². The Bertz CT molecular complexity index is 185. The second-order valence-corrected chi connectivity index (χ2v) is 3.10. The molecule has 0 aromatic carbocycles. The summed E-state index contributed by atoms with van der Waals surface area (Å²) in [6, 6.07) is 0.0455. The molecule has 0 bridgehead atoms. The van der Waals surface area contributed by atoms with Crippen molar-refractivity contribution in [2.45, 2.75) is 38.1 Å². The van der Waals surface area contributed by atoms with Crippen molar-refractivity contribution in [2.75, 3.05) is 0 Å². The molecular formula is C8H12NO3-. The largest absolute Gasteiger partial charge is 0.540 e. The first-order chi connectivity index (χ1) is 5.70. The van der Waals surface area contributed by atoms with E-state index in [1.165, 1.54) is 6.42 Å². The van der Waals surface area contributed by atoms with Crippen molar-refractivity contribution >= 4 is 11.9 Å². The number of hydrogen-bond donors (Lipinski definition) is 1. The first-order valence-corrected chi connectivity index (χ1v) is 4.22. The highest BCUT2D eigenvalue weighted by atomic mass is 16.4. The second-order valence-electron chi connectivity index (χ2n) is 3.10. The molecule has 0 aliphatic heterocycles. The summed E-state index contributed by atoms with van der Waals surface area (Å²) in [5.41, 5.74) is 0. The molecule has 12 heavy (non-hydrogen) atoms. The molecule has 0 radical (unpaired) electrons. The number of carbonyl (C=O) groups is 2. The van der Waals surface area contributed by atoms with Crippen molar-refractivity contribution in [2.24, 2.45) is 0 Å². The van der Waals surface area contributed by atoms with Gasteiger partial charge in [0.25, 0.3) is 5.91 Å². The first-order valence-electron chi connectivity index (χ1n) is 4.22. The van der Waals surface area contributed by atoms with E-state index in [2.05, 4.69) is 5.32 Å². The fraction of sp³-hybridized carbons (Fsp3) is 0.750. The summed E-state index contributed by atoms with van der Waals surface area (Å²) >= 11 is 0. The Kier molecular flexibility index (Phi) is 3.08. The fourth-order valence-electron chi connectivity index (χ4n) is 1.49. The van der Waals surface area contributed by atoms with E-state index in [1.807, 2.05) is 0 Å². The van der Waals surface area contributed by atoms with Crippen LogP contribution in [-0.4, -0.2) is 17.9 Å². The number of amides is 1. The molecule has 0 atom stereocenters. The normalized spacial score (nSPS) is 18.7. The number of carboxylic acids is 1. The van der Waals surface area contributed by atoms with E-state index >= 15 is 0 Å². The second kappa shape index (κ2) is 4.09. The molecule has 1 rings (SSSR count). The maximum absolute atomic E-state index is 10.6. The summed E-state index contributed by atoms with van der Waals surface area (Å²) < 4.78 is 0. The van der Waals surface area contributed by atoms with E-state index in [0.29, 0.717) is 0 Å². The average Bonchev–Trinajstić information content (AvgIpc) is 2.06. The van der Waals surface area contributed by atoms with Crippen LogP contribution in [0.15, 0.2) is 0 Å². The van der Waals surface area contributed by atoms with Gasteiger partial charge in [0.2, 0.25) is 0 Å². The number of rotatable bonds is 1. The molecule has 1 saturated carbocycles. The zero-order chi connectivity index (χ0) is 8.97. The van der Waals surface area contributed by atoms with Gasteiger partial charge in [-0.15, -0.1) is 0 Å². The Morgan fingerprint density at radius 3 is 2.25 bits per heavy atom. The van der Waals surface area contributed by atoms with Crippen LogP contribution >= 0.6 is 0 Å². The summed E-state index contributed by atoms with van der Waals surface area (Å²) in [5, 5.41) is 12.5. The minimum Gasteiger partial charge on any atom is -0.540 e. The Morgan fingerprint density at radius 2 is 1.75 bits per heavy atom. The van der Waals surface area contributed by atoms with Gasteiger partial charge in [0.1, 0.15) is 5.97 Å². The molecule has 1 N–H and O–H groups in total. The maximum atomic E-state index is 10.6. The van der Waals surface area contributed by atoms with Crippen LogP contribution in [0.25, 0.3) is 0 Å². The van der Waals surface area contributed by atoms with E-state index < -0.39 is 11.9 Å². The van der Waals surface area contributed by atoms with Crippen LogP contribution in [0.5, 0.6) is 0 Å². The molecule has 1 aliphatic carbocycles. The molecule has 0 aromatic rings. The number of nitrogens with one attached hydrogen (secondary N) is 1. The smallest absolute Gasteiger partial charge is 0.267 e. The lowest BCUT2D eigenvalue weighted by Crippen LogP contribution is -2.46. The van der Waals surface area contributed by atoms with Crippen LogP contribution in [0.1, 0.15) is 32.1 Å². The summed E-state index contributed by atoms with van der Waals surface area (Å²) in [6.07, 6.45) is 5.09. The van der Waals surface area contributed by atoms with Gasteiger partial charge in [-0.25, -0.2) is 0 Å². The van der Waals surface area contributed by atoms with Gasteiger partial charge in [0.15, 0.2) is 0 Å². The molecule has 4 heteroatoms. The lowest BCUT2D eigenvalue weighted by molar-refractivity contribution is -0.300. The molecule has 0 aromatic heterocycles. The van der Waals surface area contributed by atoms with Crippen molar-refractivity contribution in [3.8, 4) is 0 Å².